The highest BCUT2D eigenvalue weighted by Crippen LogP contribution is 2.32. The molecule has 2 aromatic carbocycles. The summed E-state index contributed by atoms with van der Waals surface area (Å²) in [6, 6.07) is 17.3. The van der Waals surface area contributed by atoms with Crippen molar-refractivity contribution in [1.29, 1.82) is 0 Å². The maximum atomic E-state index is 3.93. The molecule has 0 atom stereocenters. The van der Waals surface area contributed by atoms with Crippen LogP contribution in [-0.4, -0.2) is 0 Å². The molecule has 0 bridgehead atoms. The van der Waals surface area contributed by atoms with Crippen LogP contribution in [0.3, 0.4) is 0 Å². The molecule has 0 radical (unpaired) electrons. The summed E-state index contributed by atoms with van der Waals surface area (Å²) in [5.41, 5.74) is 6.16. The zero-order valence-electron chi connectivity index (χ0n) is 13.8. The molecule has 0 nitrogen and oxygen atoms in total. The SMILES string of the molecule is C=C/C=C(\C=C)c1cc(-c2ccccc2)cc(C(C)(C)C)c1. The first-order chi connectivity index (χ1) is 10.5. The Morgan fingerprint density at radius 3 is 2.14 bits per heavy atom. The van der Waals surface area contributed by atoms with Crippen molar-refractivity contribution in [3.8, 4) is 11.1 Å². The fraction of sp³-hybridized carbons (Fsp3) is 0.182. The van der Waals surface area contributed by atoms with Crippen LogP contribution in [0.25, 0.3) is 16.7 Å². The van der Waals surface area contributed by atoms with E-state index in [9.17, 15) is 0 Å². The normalized spacial score (nSPS) is 12.0. The van der Waals surface area contributed by atoms with Crippen LogP contribution in [0.5, 0.6) is 0 Å². The van der Waals surface area contributed by atoms with Crippen LogP contribution in [0, 0.1) is 0 Å². The van der Waals surface area contributed by atoms with E-state index in [1.165, 1.54) is 22.3 Å². The van der Waals surface area contributed by atoms with E-state index in [1.807, 2.05) is 24.3 Å². The Labute approximate surface area is 134 Å². The van der Waals surface area contributed by atoms with Gasteiger partial charge >= 0.3 is 0 Å². The molecule has 0 fully saturated rings. The minimum Gasteiger partial charge on any atom is -0.0990 e. The quantitative estimate of drug-likeness (QED) is 0.570. The lowest BCUT2D eigenvalue weighted by Gasteiger charge is -2.22. The second-order valence-electron chi connectivity index (χ2n) is 6.48. The third kappa shape index (κ3) is 3.65. The topological polar surface area (TPSA) is 0 Å². The van der Waals surface area contributed by atoms with Crippen LogP contribution < -0.4 is 0 Å². The molecule has 0 N–H and O–H groups in total. The van der Waals surface area contributed by atoms with E-state index in [2.05, 4.69) is 76.4 Å². The summed E-state index contributed by atoms with van der Waals surface area (Å²) in [6.07, 6.45) is 5.70. The molecule has 22 heavy (non-hydrogen) atoms. The average Bonchev–Trinajstić information content (AvgIpc) is 2.52. The molecule has 0 aliphatic carbocycles. The molecule has 0 aliphatic rings. The van der Waals surface area contributed by atoms with Gasteiger partial charge in [0.05, 0.1) is 0 Å². The number of rotatable bonds is 4. The molecule has 0 amide bonds. The molecule has 0 spiro atoms. The lowest BCUT2D eigenvalue weighted by Crippen LogP contribution is -2.11. The summed E-state index contributed by atoms with van der Waals surface area (Å²) in [4.78, 5) is 0. The molecule has 0 heteroatoms. The molecule has 0 aliphatic heterocycles. The molecule has 0 unspecified atom stereocenters. The van der Waals surface area contributed by atoms with Crippen molar-refractivity contribution in [3.05, 3.63) is 91.0 Å². The fourth-order valence-electron chi connectivity index (χ4n) is 2.43. The minimum atomic E-state index is 0.0972. The van der Waals surface area contributed by atoms with Crippen molar-refractivity contribution < 1.29 is 0 Å². The van der Waals surface area contributed by atoms with Gasteiger partial charge in [-0.05, 0) is 39.3 Å². The Morgan fingerprint density at radius 2 is 1.59 bits per heavy atom. The second-order valence-corrected chi connectivity index (χ2v) is 6.48. The molecular formula is C22H24. The van der Waals surface area contributed by atoms with E-state index in [0.717, 1.165) is 5.57 Å². The van der Waals surface area contributed by atoms with Gasteiger partial charge in [-0.15, -0.1) is 0 Å². The summed E-state index contributed by atoms with van der Waals surface area (Å²) in [5, 5.41) is 0. The van der Waals surface area contributed by atoms with Crippen molar-refractivity contribution in [2.45, 2.75) is 26.2 Å². The van der Waals surface area contributed by atoms with Gasteiger partial charge in [0.2, 0.25) is 0 Å². The highest BCUT2D eigenvalue weighted by atomic mass is 14.2. The summed E-state index contributed by atoms with van der Waals surface area (Å²) in [7, 11) is 0. The summed E-state index contributed by atoms with van der Waals surface area (Å²) in [5.74, 6) is 0. The van der Waals surface area contributed by atoms with Crippen molar-refractivity contribution in [3.63, 3.8) is 0 Å². The van der Waals surface area contributed by atoms with E-state index in [4.69, 9.17) is 0 Å². The zero-order chi connectivity index (χ0) is 16.2. The largest absolute Gasteiger partial charge is 0.0990 e. The third-order valence-electron chi connectivity index (χ3n) is 3.76. The number of hydrogen-bond donors (Lipinski definition) is 0. The highest BCUT2D eigenvalue weighted by molar-refractivity contribution is 5.79. The van der Waals surface area contributed by atoms with Gasteiger partial charge in [0, 0.05) is 0 Å². The Kier molecular flexibility index (Phi) is 4.82. The van der Waals surface area contributed by atoms with Crippen LogP contribution in [0.2, 0.25) is 0 Å². The third-order valence-corrected chi connectivity index (χ3v) is 3.76. The maximum absolute atomic E-state index is 3.93. The van der Waals surface area contributed by atoms with Gasteiger partial charge in [-0.1, -0.05) is 94.6 Å². The van der Waals surface area contributed by atoms with Crippen LogP contribution in [-0.2, 0) is 5.41 Å². The van der Waals surface area contributed by atoms with Gasteiger partial charge in [-0.25, -0.2) is 0 Å². The van der Waals surface area contributed by atoms with Gasteiger partial charge in [0.15, 0.2) is 0 Å². The first kappa shape index (κ1) is 16.0. The Bertz CT molecular complexity index is 695. The molecule has 112 valence electrons. The molecule has 0 aromatic heterocycles. The van der Waals surface area contributed by atoms with Crippen LogP contribution in [0.4, 0.5) is 0 Å². The lowest BCUT2D eigenvalue weighted by molar-refractivity contribution is 0.590. The van der Waals surface area contributed by atoms with Gasteiger partial charge < -0.3 is 0 Å². The second kappa shape index (κ2) is 6.62. The van der Waals surface area contributed by atoms with E-state index >= 15 is 0 Å². The number of benzene rings is 2. The first-order valence-electron chi connectivity index (χ1n) is 7.62. The fourth-order valence-corrected chi connectivity index (χ4v) is 2.43. The van der Waals surface area contributed by atoms with Gasteiger partial charge in [0.1, 0.15) is 0 Å². The summed E-state index contributed by atoms with van der Waals surface area (Å²) < 4.78 is 0. The van der Waals surface area contributed by atoms with Crippen LogP contribution in [0.15, 0.2) is 79.9 Å². The van der Waals surface area contributed by atoms with Gasteiger partial charge in [-0.2, -0.15) is 0 Å². The van der Waals surface area contributed by atoms with Crippen molar-refractivity contribution in [1.82, 2.24) is 0 Å². The zero-order valence-corrected chi connectivity index (χ0v) is 13.8. The Morgan fingerprint density at radius 1 is 0.909 bits per heavy atom. The lowest BCUT2D eigenvalue weighted by atomic mass is 9.83. The molecule has 0 saturated heterocycles. The van der Waals surface area contributed by atoms with Gasteiger partial charge in [-0.3, -0.25) is 0 Å². The molecule has 2 rings (SSSR count). The first-order valence-corrected chi connectivity index (χ1v) is 7.62. The number of hydrogen-bond acceptors (Lipinski definition) is 0. The van der Waals surface area contributed by atoms with E-state index in [-0.39, 0.29) is 5.41 Å². The molecule has 2 aromatic rings. The monoisotopic (exact) mass is 288 g/mol. The smallest absolute Gasteiger partial charge is 0.0131 e. The highest BCUT2D eigenvalue weighted by Gasteiger charge is 2.16. The summed E-state index contributed by atoms with van der Waals surface area (Å²) >= 11 is 0. The summed E-state index contributed by atoms with van der Waals surface area (Å²) in [6.45, 7) is 14.5. The maximum Gasteiger partial charge on any atom is -0.0131 e. The van der Waals surface area contributed by atoms with Crippen molar-refractivity contribution >= 4 is 5.57 Å². The van der Waals surface area contributed by atoms with E-state index in [0.29, 0.717) is 0 Å². The Hall–Kier alpha value is -2.34. The minimum absolute atomic E-state index is 0.0972. The van der Waals surface area contributed by atoms with Gasteiger partial charge in [0.25, 0.3) is 0 Å². The molecular weight excluding hydrogens is 264 g/mol. The average molecular weight is 288 g/mol. The van der Waals surface area contributed by atoms with Crippen LogP contribution in [0.1, 0.15) is 31.9 Å². The van der Waals surface area contributed by atoms with Crippen LogP contribution >= 0.6 is 0 Å². The van der Waals surface area contributed by atoms with E-state index in [1.54, 1.807) is 0 Å². The van der Waals surface area contributed by atoms with Crippen molar-refractivity contribution in [2.75, 3.05) is 0 Å². The van der Waals surface area contributed by atoms with E-state index < -0.39 is 0 Å². The molecule has 0 heterocycles. The Balaban J connectivity index is 2.67. The predicted molar refractivity (Wildman–Crippen MR) is 98.9 cm³/mol. The van der Waals surface area contributed by atoms with Crippen molar-refractivity contribution in [2.24, 2.45) is 0 Å². The number of allylic oxidation sites excluding steroid dienone is 4. The standard InChI is InChI=1S/C22H24/c1-6-11-17(7-2)19-14-20(18-12-9-8-10-13-18)16-21(15-19)22(3,4)5/h6-16H,1-2H2,3-5H3/b17-11+. The predicted octanol–water partition coefficient (Wildman–Crippen LogP) is 6.41. The molecule has 0 saturated carbocycles.